The smallest absolute Gasteiger partial charge is 0.303 e. The number of nitrogens with one attached hydrogen (secondary N) is 1. The van der Waals surface area contributed by atoms with Crippen LogP contribution < -0.4 is 4.72 Å². The maximum absolute atomic E-state index is 12.1. The molecular formula is C14H19NO5S. The Bertz CT molecular complexity index is 632. The molecule has 1 aromatic rings. The fourth-order valence-electron chi connectivity index (χ4n) is 1.95. The number of benzene rings is 1. The van der Waals surface area contributed by atoms with Crippen molar-refractivity contribution in [3.05, 3.63) is 29.8 Å². The van der Waals surface area contributed by atoms with Crippen molar-refractivity contribution in [3.63, 3.8) is 0 Å². The van der Waals surface area contributed by atoms with Gasteiger partial charge in [0, 0.05) is 17.7 Å². The third kappa shape index (κ3) is 6.40. The Morgan fingerprint density at radius 3 is 2.10 bits per heavy atom. The van der Waals surface area contributed by atoms with Crippen LogP contribution in [0.15, 0.2) is 24.3 Å². The standard InChI is InChI=1S/C14H19NO5S/c1-14(2,9-13(17)18)8-12(16)10-4-6-11(7-5-10)15-21(3,19)20/h4-7,15H,8-9H2,1-3H3,(H,17,18). The van der Waals surface area contributed by atoms with E-state index >= 15 is 0 Å². The highest BCUT2D eigenvalue weighted by Gasteiger charge is 2.25. The van der Waals surface area contributed by atoms with Gasteiger partial charge in [-0.25, -0.2) is 8.42 Å². The summed E-state index contributed by atoms with van der Waals surface area (Å²) in [4.78, 5) is 22.8. The highest BCUT2D eigenvalue weighted by atomic mass is 32.2. The molecule has 6 nitrogen and oxygen atoms in total. The number of carbonyl (C=O) groups is 2. The number of hydrogen-bond acceptors (Lipinski definition) is 4. The molecule has 0 aliphatic rings. The second kappa shape index (κ2) is 6.26. The minimum atomic E-state index is -3.35. The molecule has 0 atom stereocenters. The Labute approximate surface area is 124 Å². The number of anilines is 1. The summed E-state index contributed by atoms with van der Waals surface area (Å²) < 4.78 is 24.5. The third-order valence-electron chi connectivity index (χ3n) is 2.78. The van der Waals surface area contributed by atoms with Crippen molar-refractivity contribution in [2.24, 2.45) is 5.41 Å². The Hall–Kier alpha value is -1.89. The number of carboxylic acid groups (broad SMARTS) is 1. The predicted molar refractivity (Wildman–Crippen MR) is 79.9 cm³/mol. The van der Waals surface area contributed by atoms with Crippen molar-refractivity contribution in [2.75, 3.05) is 11.0 Å². The average Bonchev–Trinajstić information content (AvgIpc) is 2.24. The topological polar surface area (TPSA) is 101 Å². The molecule has 0 aromatic heterocycles. The van der Waals surface area contributed by atoms with Crippen LogP contribution in [0.4, 0.5) is 5.69 Å². The molecule has 116 valence electrons. The Morgan fingerprint density at radius 2 is 1.67 bits per heavy atom. The van der Waals surface area contributed by atoms with E-state index in [-0.39, 0.29) is 18.6 Å². The van der Waals surface area contributed by atoms with E-state index in [2.05, 4.69) is 4.72 Å². The van der Waals surface area contributed by atoms with Gasteiger partial charge >= 0.3 is 5.97 Å². The fraction of sp³-hybridized carbons (Fsp3) is 0.429. The maximum Gasteiger partial charge on any atom is 0.303 e. The molecule has 1 rings (SSSR count). The van der Waals surface area contributed by atoms with Crippen LogP contribution in [0.3, 0.4) is 0 Å². The number of rotatable bonds is 7. The molecule has 0 radical (unpaired) electrons. The number of Topliss-reactive ketones (excluding diaryl/α,β-unsaturated/α-hetero) is 1. The number of ketones is 1. The second-order valence-corrected chi connectivity index (χ2v) is 7.53. The number of sulfonamides is 1. The summed E-state index contributed by atoms with van der Waals surface area (Å²) in [5, 5.41) is 8.80. The lowest BCUT2D eigenvalue weighted by atomic mass is 9.82. The molecule has 0 saturated heterocycles. The molecule has 0 spiro atoms. The minimum absolute atomic E-state index is 0.0908. The summed E-state index contributed by atoms with van der Waals surface area (Å²) in [6, 6.07) is 6.04. The van der Waals surface area contributed by atoms with Gasteiger partial charge in [-0.15, -0.1) is 0 Å². The van der Waals surface area contributed by atoms with E-state index < -0.39 is 21.4 Å². The van der Waals surface area contributed by atoms with Gasteiger partial charge in [-0.3, -0.25) is 14.3 Å². The zero-order valence-electron chi connectivity index (χ0n) is 12.2. The molecule has 21 heavy (non-hydrogen) atoms. The first-order chi connectivity index (χ1) is 9.48. The Morgan fingerprint density at radius 1 is 1.14 bits per heavy atom. The lowest BCUT2D eigenvalue weighted by Crippen LogP contribution is -2.21. The SMILES string of the molecule is CC(C)(CC(=O)O)CC(=O)c1ccc(NS(C)(=O)=O)cc1. The number of carboxylic acids is 1. The first-order valence-electron chi connectivity index (χ1n) is 6.31. The van der Waals surface area contributed by atoms with E-state index in [1.165, 1.54) is 24.3 Å². The van der Waals surface area contributed by atoms with Crippen LogP contribution >= 0.6 is 0 Å². The van der Waals surface area contributed by atoms with Crippen LogP contribution in [0, 0.1) is 5.41 Å². The van der Waals surface area contributed by atoms with Crippen molar-refractivity contribution in [2.45, 2.75) is 26.7 Å². The molecule has 0 fully saturated rings. The molecule has 0 unspecified atom stereocenters. The Kier molecular flexibility index (Phi) is 5.11. The summed E-state index contributed by atoms with van der Waals surface area (Å²) >= 11 is 0. The van der Waals surface area contributed by atoms with Gasteiger partial charge in [0.2, 0.25) is 10.0 Å². The first-order valence-corrected chi connectivity index (χ1v) is 8.20. The molecule has 0 aliphatic carbocycles. The van der Waals surface area contributed by atoms with E-state index in [4.69, 9.17) is 5.11 Å². The fourth-order valence-corrected chi connectivity index (χ4v) is 2.51. The van der Waals surface area contributed by atoms with Gasteiger partial charge in [-0.05, 0) is 29.7 Å². The molecule has 0 aliphatic heterocycles. The summed E-state index contributed by atoms with van der Waals surface area (Å²) in [6.07, 6.45) is 1.06. The zero-order valence-corrected chi connectivity index (χ0v) is 13.0. The molecule has 7 heteroatoms. The molecular weight excluding hydrogens is 294 g/mol. The van der Waals surface area contributed by atoms with Crippen LogP contribution in [0.5, 0.6) is 0 Å². The molecule has 0 saturated carbocycles. The minimum Gasteiger partial charge on any atom is -0.481 e. The lowest BCUT2D eigenvalue weighted by Gasteiger charge is -2.21. The van der Waals surface area contributed by atoms with Gasteiger partial charge in [0.25, 0.3) is 0 Å². The van der Waals surface area contributed by atoms with Gasteiger partial charge in [0.1, 0.15) is 0 Å². The van der Waals surface area contributed by atoms with Crippen molar-refractivity contribution in [3.8, 4) is 0 Å². The highest BCUT2D eigenvalue weighted by Crippen LogP contribution is 2.27. The van der Waals surface area contributed by atoms with Crippen LogP contribution in [0.2, 0.25) is 0 Å². The quantitative estimate of drug-likeness (QED) is 0.751. The van der Waals surface area contributed by atoms with Gasteiger partial charge in [0.05, 0.1) is 12.7 Å². The summed E-state index contributed by atoms with van der Waals surface area (Å²) in [7, 11) is -3.35. The maximum atomic E-state index is 12.1. The average molecular weight is 313 g/mol. The second-order valence-electron chi connectivity index (χ2n) is 5.79. The number of hydrogen-bond donors (Lipinski definition) is 2. The predicted octanol–water partition coefficient (Wildman–Crippen LogP) is 2.13. The van der Waals surface area contributed by atoms with E-state index in [1.807, 2.05) is 0 Å². The van der Waals surface area contributed by atoms with Gasteiger partial charge in [0.15, 0.2) is 5.78 Å². The van der Waals surface area contributed by atoms with Crippen LogP contribution in [-0.4, -0.2) is 31.5 Å². The van der Waals surface area contributed by atoms with Crippen molar-refractivity contribution >= 4 is 27.5 Å². The van der Waals surface area contributed by atoms with Crippen LogP contribution in [0.1, 0.15) is 37.0 Å². The normalized spacial score (nSPS) is 12.0. The summed E-state index contributed by atoms with van der Waals surface area (Å²) in [5.74, 6) is -1.12. The van der Waals surface area contributed by atoms with Crippen molar-refractivity contribution in [1.82, 2.24) is 0 Å². The van der Waals surface area contributed by atoms with Gasteiger partial charge in [-0.1, -0.05) is 13.8 Å². The third-order valence-corrected chi connectivity index (χ3v) is 3.39. The van der Waals surface area contributed by atoms with Gasteiger partial charge in [-0.2, -0.15) is 0 Å². The first kappa shape index (κ1) is 17.2. The van der Waals surface area contributed by atoms with E-state index in [9.17, 15) is 18.0 Å². The largest absolute Gasteiger partial charge is 0.481 e. The Balaban J connectivity index is 2.78. The molecule has 0 amide bonds. The summed E-state index contributed by atoms with van der Waals surface area (Å²) in [5.41, 5.74) is 0.165. The van der Waals surface area contributed by atoms with Crippen molar-refractivity contribution < 1.29 is 23.1 Å². The number of carbonyl (C=O) groups excluding carboxylic acids is 1. The van der Waals surface area contributed by atoms with Crippen LogP contribution in [0.25, 0.3) is 0 Å². The van der Waals surface area contributed by atoms with E-state index in [1.54, 1.807) is 13.8 Å². The zero-order chi connectivity index (χ0) is 16.3. The highest BCUT2D eigenvalue weighted by molar-refractivity contribution is 7.92. The lowest BCUT2D eigenvalue weighted by molar-refractivity contribution is -0.139. The molecule has 0 bridgehead atoms. The van der Waals surface area contributed by atoms with Crippen LogP contribution in [-0.2, 0) is 14.8 Å². The van der Waals surface area contributed by atoms with Crippen molar-refractivity contribution in [1.29, 1.82) is 0 Å². The van der Waals surface area contributed by atoms with Gasteiger partial charge < -0.3 is 5.11 Å². The molecule has 1 aromatic carbocycles. The van der Waals surface area contributed by atoms with E-state index in [0.717, 1.165) is 6.26 Å². The molecule has 2 N–H and O–H groups in total. The molecule has 0 heterocycles. The van der Waals surface area contributed by atoms with E-state index in [0.29, 0.717) is 11.3 Å². The summed E-state index contributed by atoms with van der Waals surface area (Å²) in [6.45, 7) is 3.44. The monoisotopic (exact) mass is 313 g/mol. The number of aliphatic carboxylic acids is 1.